The number of amides is 2. The molecule has 1 aliphatic rings. The van der Waals surface area contributed by atoms with E-state index in [0.29, 0.717) is 32.8 Å². The van der Waals surface area contributed by atoms with Gasteiger partial charge < -0.3 is 15.4 Å². The molecule has 24 heavy (non-hydrogen) atoms. The van der Waals surface area contributed by atoms with Gasteiger partial charge in [-0.05, 0) is 38.4 Å². The first-order valence-electron chi connectivity index (χ1n) is 8.41. The van der Waals surface area contributed by atoms with Crippen molar-refractivity contribution in [1.82, 2.24) is 9.80 Å². The zero-order valence-corrected chi connectivity index (χ0v) is 14.5. The molecule has 0 spiro atoms. The molecule has 2 amide bonds. The van der Waals surface area contributed by atoms with E-state index in [-0.39, 0.29) is 17.7 Å². The number of aryl methyl sites for hydroxylation is 1. The topological polar surface area (TPSA) is 75.9 Å². The van der Waals surface area contributed by atoms with Gasteiger partial charge in [0.05, 0.1) is 12.5 Å². The Bertz CT molecular complexity index is 576. The maximum absolute atomic E-state index is 12.4. The Balaban J connectivity index is 1.73. The summed E-state index contributed by atoms with van der Waals surface area (Å²) in [4.78, 5) is 27.3. The summed E-state index contributed by atoms with van der Waals surface area (Å²) in [6, 6.07) is 7.87. The van der Waals surface area contributed by atoms with Crippen LogP contribution in [0.5, 0.6) is 5.75 Å². The quantitative estimate of drug-likeness (QED) is 0.809. The number of para-hydroxylation sites is 1. The largest absolute Gasteiger partial charge is 0.492 e. The molecule has 0 radical (unpaired) electrons. The van der Waals surface area contributed by atoms with Crippen LogP contribution >= 0.6 is 0 Å². The fourth-order valence-electron chi connectivity index (χ4n) is 2.88. The van der Waals surface area contributed by atoms with Gasteiger partial charge in [0.25, 0.3) is 0 Å². The molecule has 0 saturated carbocycles. The minimum absolute atomic E-state index is 0.0411. The van der Waals surface area contributed by atoms with Gasteiger partial charge in [-0.1, -0.05) is 18.2 Å². The summed E-state index contributed by atoms with van der Waals surface area (Å²) in [5.41, 5.74) is 6.46. The number of nitrogens with two attached hydrogens (primary N) is 1. The van der Waals surface area contributed by atoms with Crippen molar-refractivity contribution in [2.24, 2.45) is 11.7 Å². The highest BCUT2D eigenvalue weighted by Gasteiger charge is 2.27. The molecule has 1 fully saturated rings. The fourth-order valence-corrected chi connectivity index (χ4v) is 2.88. The number of hydrogen-bond donors (Lipinski definition) is 1. The van der Waals surface area contributed by atoms with Crippen LogP contribution in [0.3, 0.4) is 0 Å². The van der Waals surface area contributed by atoms with E-state index in [1.54, 1.807) is 4.90 Å². The van der Waals surface area contributed by atoms with Crippen molar-refractivity contribution in [3.8, 4) is 5.75 Å². The first-order valence-corrected chi connectivity index (χ1v) is 8.41. The summed E-state index contributed by atoms with van der Waals surface area (Å²) in [6.07, 6.45) is 1.61. The first-order chi connectivity index (χ1) is 11.5. The number of hydrogen-bond acceptors (Lipinski definition) is 4. The molecular formula is C18H27N3O3. The molecule has 6 nitrogen and oxygen atoms in total. The summed E-state index contributed by atoms with van der Waals surface area (Å²) < 4.78 is 5.76. The molecule has 1 aliphatic heterocycles. The van der Waals surface area contributed by atoms with E-state index in [2.05, 4.69) is 0 Å². The minimum atomic E-state index is -0.313. The zero-order valence-electron chi connectivity index (χ0n) is 14.5. The number of primary amides is 1. The lowest BCUT2D eigenvalue weighted by molar-refractivity contribution is -0.135. The van der Waals surface area contributed by atoms with Gasteiger partial charge in [-0.25, -0.2) is 0 Å². The summed E-state index contributed by atoms with van der Waals surface area (Å²) in [5, 5.41) is 0. The highest BCUT2D eigenvalue weighted by Crippen LogP contribution is 2.17. The number of carbonyl (C=O) groups is 2. The Morgan fingerprint density at radius 3 is 2.83 bits per heavy atom. The SMILES string of the molecule is Cc1ccccc1OCCN(C)CC(=O)N1CCCC(C(N)=O)C1. The van der Waals surface area contributed by atoms with Crippen LogP contribution in [-0.2, 0) is 9.59 Å². The maximum Gasteiger partial charge on any atom is 0.236 e. The lowest BCUT2D eigenvalue weighted by Gasteiger charge is -2.32. The van der Waals surface area contributed by atoms with E-state index in [4.69, 9.17) is 10.5 Å². The molecule has 132 valence electrons. The highest BCUT2D eigenvalue weighted by atomic mass is 16.5. The summed E-state index contributed by atoms with van der Waals surface area (Å²) in [5.74, 6) is 0.391. The van der Waals surface area contributed by atoms with Crippen LogP contribution < -0.4 is 10.5 Å². The Kier molecular flexibility index (Phi) is 6.61. The Labute approximate surface area is 143 Å². The van der Waals surface area contributed by atoms with Gasteiger partial charge in [0, 0.05) is 19.6 Å². The highest BCUT2D eigenvalue weighted by molar-refractivity contribution is 5.81. The van der Waals surface area contributed by atoms with Crippen LogP contribution in [0.15, 0.2) is 24.3 Å². The van der Waals surface area contributed by atoms with Crippen molar-refractivity contribution in [2.75, 3.05) is 39.8 Å². The van der Waals surface area contributed by atoms with Crippen LogP contribution in [0.4, 0.5) is 0 Å². The lowest BCUT2D eigenvalue weighted by atomic mass is 9.97. The zero-order chi connectivity index (χ0) is 17.5. The molecule has 0 bridgehead atoms. The molecule has 1 heterocycles. The minimum Gasteiger partial charge on any atom is -0.492 e. The van der Waals surface area contributed by atoms with Crippen molar-refractivity contribution in [3.05, 3.63) is 29.8 Å². The molecule has 1 aromatic carbocycles. The van der Waals surface area contributed by atoms with Gasteiger partial charge >= 0.3 is 0 Å². The number of piperidine rings is 1. The predicted molar refractivity (Wildman–Crippen MR) is 92.7 cm³/mol. The van der Waals surface area contributed by atoms with Crippen molar-refractivity contribution < 1.29 is 14.3 Å². The van der Waals surface area contributed by atoms with Crippen molar-refractivity contribution >= 4 is 11.8 Å². The second kappa shape index (κ2) is 8.68. The molecule has 2 N–H and O–H groups in total. The molecule has 6 heteroatoms. The van der Waals surface area contributed by atoms with Gasteiger partial charge in [-0.2, -0.15) is 0 Å². The van der Waals surface area contributed by atoms with Crippen LogP contribution in [0.1, 0.15) is 18.4 Å². The van der Waals surface area contributed by atoms with Crippen LogP contribution in [-0.4, -0.2) is 61.4 Å². The standard InChI is InChI=1S/C18H27N3O3/c1-14-6-3-4-8-16(14)24-11-10-20(2)13-17(22)21-9-5-7-15(12-21)18(19)23/h3-4,6,8,15H,5,7,9-13H2,1-2H3,(H2,19,23). The molecular weight excluding hydrogens is 306 g/mol. The van der Waals surface area contributed by atoms with Gasteiger partial charge in [0.1, 0.15) is 12.4 Å². The number of likely N-dealkylation sites (tertiary alicyclic amines) is 1. The molecule has 1 atom stereocenters. The average molecular weight is 333 g/mol. The molecule has 1 saturated heterocycles. The van der Waals surface area contributed by atoms with Crippen molar-refractivity contribution in [1.29, 1.82) is 0 Å². The third-order valence-corrected chi connectivity index (χ3v) is 4.41. The number of carbonyl (C=O) groups excluding carboxylic acids is 2. The number of rotatable bonds is 7. The molecule has 0 aromatic heterocycles. The van der Waals surface area contributed by atoms with E-state index in [9.17, 15) is 9.59 Å². The van der Waals surface area contributed by atoms with E-state index in [0.717, 1.165) is 24.2 Å². The van der Waals surface area contributed by atoms with E-state index >= 15 is 0 Å². The number of likely N-dealkylation sites (N-methyl/N-ethyl adjacent to an activating group) is 1. The summed E-state index contributed by atoms with van der Waals surface area (Å²) >= 11 is 0. The van der Waals surface area contributed by atoms with Gasteiger partial charge in [-0.3, -0.25) is 14.5 Å². The van der Waals surface area contributed by atoms with E-state index in [1.807, 2.05) is 43.1 Å². The third-order valence-electron chi connectivity index (χ3n) is 4.41. The monoisotopic (exact) mass is 333 g/mol. The molecule has 1 aromatic rings. The third kappa shape index (κ3) is 5.23. The van der Waals surface area contributed by atoms with Gasteiger partial charge in [-0.15, -0.1) is 0 Å². The van der Waals surface area contributed by atoms with Crippen LogP contribution in [0.25, 0.3) is 0 Å². The van der Waals surface area contributed by atoms with Crippen LogP contribution in [0.2, 0.25) is 0 Å². The number of benzene rings is 1. The first kappa shape index (κ1) is 18.3. The normalized spacial score (nSPS) is 17.8. The van der Waals surface area contributed by atoms with Crippen molar-refractivity contribution in [2.45, 2.75) is 19.8 Å². The maximum atomic E-state index is 12.4. The Morgan fingerprint density at radius 1 is 1.38 bits per heavy atom. The molecule has 2 rings (SSSR count). The Hall–Kier alpha value is -2.08. The van der Waals surface area contributed by atoms with E-state index in [1.165, 1.54) is 0 Å². The number of nitrogens with zero attached hydrogens (tertiary/aromatic N) is 2. The lowest BCUT2D eigenvalue weighted by Crippen LogP contribution is -2.47. The van der Waals surface area contributed by atoms with Gasteiger partial charge in [0.15, 0.2) is 0 Å². The smallest absolute Gasteiger partial charge is 0.236 e. The second-order valence-electron chi connectivity index (χ2n) is 6.43. The van der Waals surface area contributed by atoms with Crippen LogP contribution in [0, 0.1) is 12.8 Å². The van der Waals surface area contributed by atoms with Gasteiger partial charge in [0.2, 0.25) is 11.8 Å². The molecule has 0 aliphatic carbocycles. The van der Waals surface area contributed by atoms with Crippen molar-refractivity contribution in [3.63, 3.8) is 0 Å². The second-order valence-corrected chi connectivity index (χ2v) is 6.43. The summed E-state index contributed by atoms with van der Waals surface area (Å²) in [7, 11) is 1.90. The average Bonchev–Trinajstić information content (AvgIpc) is 2.56. The Morgan fingerprint density at radius 2 is 2.12 bits per heavy atom. The number of ether oxygens (including phenoxy) is 1. The molecule has 1 unspecified atom stereocenters. The summed E-state index contributed by atoms with van der Waals surface area (Å²) in [6.45, 7) is 4.67. The van der Waals surface area contributed by atoms with E-state index < -0.39 is 0 Å². The predicted octanol–water partition coefficient (Wildman–Crippen LogP) is 1.03. The fraction of sp³-hybridized carbons (Fsp3) is 0.556.